The standard InChI is InChI=1S/C14H16F3N3/c1-2-20-8-7-19-13(20)9-12(18)10-3-5-11(6-4-10)14(15,16)17/h3-8,12H,2,9,18H2,1H3. The number of benzene rings is 1. The summed E-state index contributed by atoms with van der Waals surface area (Å²) >= 11 is 0. The molecule has 3 nitrogen and oxygen atoms in total. The summed E-state index contributed by atoms with van der Waals surface area (Å²) in [5.41, 5.74) is 6.04. The number of hydrogen-bond acceptors (Lipinski definition) is 2. The zero-order chi connectivity index (χ0) is 14.8. The van der Waals surface area contributed by atoms with E-state index in [1.807, 2.05) is 17.7 Å². The molecule has 108 valence electrons. The van der Waals surface area contributed by atoms with E-state index < -0.39 is 11.7 Å². The van der Waals surface area contributed by atoms with Gasteiger partial charge in [-0.3, -0.25) is 0 Å². The fourth-order valence-electron chi connectivity index (χ4n) is 2.05. The third kappa shape index (κ3) is 3.19. The molecule has 0 aliphatic heterocycles. The Labute approximate surface area is 115 Å². The van der Waals surface area contributed by atoms with E-state index in [1.165, 1.54) is 12.1 Å². The van der Waals surface area contributed by atoms with Crippen LogP contribution < -0.4 is 5.73 Å². The predicted octanol–water partition coefficient (Wildman–Crippen LogP) is 3.16. The van der Waals surface area contributed by atoms with Crippen LogP contribution in [0.3, 0.4) is 0 Å². The number of nitrogens with two attached hydrogens (primary N) is 1. The van der Waals surface area contributed by atoms with Gasteiger partial charge < -0.3 is 10.3 Å². The molecule has 2 N–H and O–H groups in total. The zero-order valence-electron chi connectivity index (χ0n) is 11.1. The van der Waals surface area contributed by atoms with Crippen molar-refractivity contribution in [3.8, 4) is 0 Å². The molecular weight excluding hydrogens is 267 g/mol. The fourth-order valence-corrected chi connectivity index (χ4v) is 2.05. The highest BCUT2D eigenvalue weighted by atomic mass is 19.4. The first-order valence-corrected chi connectivity index (χ1v) is 6.34. The van der Waals surface area contributed by atoms with E-state index >= 15 is 0 Å². The Kier molecular flexibility index (Phi) is 4.13. The van der Waals surface area contributed by atoms with E-state index in [2.05, 4.69) is 4.98 Å². The van der Waals surface area contributed by atoms with Gasteiger partial charge in [0, 0.05) is 31.4 Å². The molecule has 0 amide bonds. The van der Waals surface area contributed by atoms with Crippen molar-refractivity contribution < 1.29 is 13.2 Å². The first-order chi connectivity index (χ1) is 9.41. The molecule has 1 atom stereocenters. The minimum absolute atomic E-state index is 0.370. The van der Waals surface area contributed by atoms with Crippen molar-refractivity contribution >= 4 is 0 Å². The fraction of sp³-hybridized carbons (Fsp3) is 0.357. The normalized spacial score (nSPS) is 13.4. The third-order valence-electron chi connectivity index (χ3n) is 3.21. The lowest BCUT2D eigenvalue weighted by atomic mass is 10.0. The lowest BCUT2D eigenvalue weighted by Gasteiger charge is -2.14. The Morgan fingerprint density at radius 1 is 1.25 bits per heavy atom. The Hall–Kier alpha value is -1.82. The van der Waals surface area contributed by atoms with Crippen molar-refractivity contribution in [1.29, 1.82) is 0 Å². The molecule has 0 aliphatic carbocycles. The van der Waals surface area contributed by atoms with Gasteiger partial charge in [0.25, 0.3) is 0 Å². The van der Waals surface area contributed by atoms with Gasteiger partial charge in [-0.1, -0.05) is 12.1 Å². The first-order valence-electron chi connectivity index (χ1n) is 6.34. The second-order valence-corrected chi connectivity index (χ2v) is 4.56. The number of aryl methyl sites for hydroxylation is 1. The number of aromatic nitrogens is 2. The summed E-state index contributed by atoms with van der Waals surface area (Å²) in [6, 6.07) is 4.59. The van der Waals surface area contributed by atoms with Gasteiger partial charge in [-0.05, 0) is 24.6 Å². The Bertz CT molecular complexity index is 558. The van der Waals surface area contributed by atoms with Crippen LogP contribution >= 0.6 is 0 Å². The molecule has 1 unspecified atom stereocenters. The van der Waals surface area contributed by atoms with E-state index in [0.29, 0.717) is 12.0 Å². The minimum atomic E-state index is -4.32. The molecule has 6 heteroatoms. The largest absolute Gasteiger partial charge is 0.416 e. The lowest BCUT2D eigenvalue weighted by Crippen LogP contribution is -2.16. The first kappa shape index (κ1) is 14.6. The number of imidazole rings is 1. The van der Waals surface area contributed by atoms with Crippen LogP contribution in [0.15, 0.2) is 36.7 Å². The quantitative estimate of drug-likeness (QED) is 0.936. The second-order valence-electron chi connectivity index (χ2n) is 4.56. The third-order valence-corrected chi connectivity index (χ3v) is 3.21. The Morgan fingerprint density at radius 2 is 1.90 bits per heavy atom. The summed E-state index contributed by atoms with van der Waals surface area (Å²) < 4.78 is 39.4. The van der Waals surface area contributed by atoms with Gasteiger partial charge in [0.05, 0.1) is 5.56 Å². The number of nitrogens with zero attached hydrogens (tertiary/aromatic N) is 2. The molecule has 2 aromatic rings. The molecule has 0 bridgehead atoms. The summed E-state index contributed by atoms with van der Waals surface area (Å²) in [5, 5.41) is 0. The van der Waals surface area contributed by atoms with E-state index in [0.717, 1.165) is 24.5 Å². The molecule has 0 radical (unpaired) electrons. The maximum Gasteiger partial charge on any atom is 0.416 e. The molecule has 0 aliphatic rings. The number of rotatable bonds is 4. The monoisotopic (exact) mass is 283 g/mol. The highest BCUT2D eigenvalue weighted by molar-refractivity contribution is 5.27. The average Bonchev–Trinajstić information content (AvgIpc) is 2.85. The van der Waals surface area contributed by atoms with Crippen LogP contribution in [0.25, 0.3) is 0 Å². The number of alkyl halides is 3. The SMILES string of the molecule is CCn1ccnc1CC(N)c1ccc(C(F)(F)F)cc1. The summed E-state index contributed by atoms with van der Waals surface area (Å²) in [6.45, 7) is 2.78. The molecule has 0 spiro atoms. The van der Waals surface area contributed by atoms with Gasteiger partial charge in [0.1, 0.15) is 5.82 Å². The molecule has 0 fully saturated rings. The van der Waals surface area contributed by atoms with Crippen molar-refractivity contribution in [3.63, 3.8) is 0 Å². The molecule has 1 heterocycles. The lowest BCUT2D eigenvalue weighted by molar-refractivity contribution is -0.137. The van der Waals surface area contributed by atoms with Gasteiger partial charge in [-0.15, -0.1) is 0 Å². The summed E-state index contributed by atoms with van der Waals surface area (Å²) in [4.78, 5) is 4.21. The van der Waals surface area contributed by atoms with Gasteiger partial charge in [-0.2, -0.15) is 13.2 Å². The highest BCUT2D eigenvalue weighted by Gasteiger charge is 2.30. The molecule has 1 aromatic carbocycles. The Morgan fingerprint density at radius 3 is 2.45 bits per heavy atom. The maximum absolute atomic E-state index is 12.5. The van der Waals surface area contributed by atoms with E-state index in [4.69, 9.17) is 5.73 Å². The van der Waals surface area contributed by atoms with Crippen LogP contribution in [0.5, 0.6) is 0 Å². The summed E-state index contributed by atoms with van der Waals surface area (Å²) in [6.07, 6.45) is -0.277. The minimum Gasteiger partial charge on any atom is -0.335 e. The number of halogens is 3. The van der Waals surface area contributed by atoms with Gasteiger partial charge in [0.15, 0.2) is 0 Å². The second kappa shape index (κ2) is 5.66. The number of hydrogen-bond donors (Lipinski definition) is 1. The molecular formula is C14H16F3N3. The van der Waals surface area contributed by atoms with Gasteiger partial charge in [-0.25, -0.2) is 4.98 Å². The van der Waals surface area contributed by atoms with Crippen LogP contribution in [-0.4, -0.2) is 9.55 Å². The topological polar surface area (TPSA) is 43.8 Å². The molecule has 2 rings (SSSR count). The van der Waals surface area contributed by atoms with Crippen molar-refractivity contribution in [2.45, 2.75) is 32.1 Å². The maximum atomic E-state index is 12.5. The molecule has 20 heavy (non-hydrogen) atoms. The molecule has 0 saturated heterocycles. The summed E-state index contributed by atoms with van der Waals surface area (Å²) in [7, 11) is 0. The van der Waals surface area contributed by atoms with Gasteiger partial charge >= 0.3 is 6.18 Å². The van der Waals surface area contributed by atoms with Crippen LogP contribution in [0.2, 0.25) is 0 Å². The average molecular weight is 283 g/mol. The van der Waals surface area contributed by atoms with Crippen LogP contribution in [0.1, 0.15) is 29.9 Å². The molecule has 0 saturated carbocycles. The van der Waals surface area contributed by atoms with Crippen LogP contribution in [0.4, 0.5) is 13.2 Å². The Balaban J connectivity index is 2.12. The van der Waals surface area contributed by atoms with Crippen molar-refractivity contribution in [2.24, 2.45) is 5.73 Å². The summed E-state index contributed by atoms with van der Waals surface area (Å²) in [5.74, 6) is 0.833. The van der Waals surface area contributed by atoms with Crippen molar-refractivity contribution in [3.05, 3.63) is 53.6 Å². The highest BCUT2D eigenvalue weighted by Crippen LogP contribution is 2.30. The molecule has 1 aromatic heterocycles. The van der Waals surface area contributed by atoms with E-state index in [9.17, 15) is 13.2 Å². The zero-order valence-corrected chi connectivity index (χ0v) is 11.1. The van der Waals surface area contributed by atoms with Crippen molar-refractivity contribution in [1.82, 2.24) is 9.55 Å². The smallest absolute Gasteiger partial charge is 0.335 e. The van der Waals surface area contributed by atoms with Crippen LogP contribution in [-0.2, 0) is 19.1 Å². The van der Waals surface area contributed by atoms with E-state index in [-0.39, 0.29) is 6.04 Å². The van der Waals surface area contributed by atoms with Gasteiger partial charge in [0.2, 0.25) is 0 Å². The van der Waals surface area contributed by atoms with Crippen molar-refractivity contribution in [2.75, 3.05) is 0 Å². The van der Waals surface area contributed by atoms with E-state index in [1.54, 1.807) is 6.20 Å². The predicted molar refractivity (Wildman–Crippen MR) is 70.0 cm³/mol. The van der Waals surface area contributed by atoms with Crippen LogP contribution in [0, 0.1) is 0 Å².